The first-order valence-corrected chi connectivity index (χ1v) is 6.73. The van der Waals surface area contributed by atoms with Gasteiger partial charge in [0.05, 0.1) is 0 Å². The molecule has 2 nitrogen and oxygen atoms in total. The first-order chi connectivity index (χ1) is 8.26. The summed E-state index contributed by atoms with van der Waals surface area (Å²) in [4.78, 5) is 2.37. The molecule has 0 aliphatic carbocycles. The van der Waals surface area contributed by atoms with Crippen molar-refractivity contribution in [3.8, 4) is 0 Å². The maximum absolute atomic E-state index is 3.42. The lowest BCUT2D eigenvalue weighted by Crippen LogP contribution is -2.18. The molecule has 0 saturated carbocycles. The highest BCUT2D eigenvalue weighted by molar-refractivity contribution is 5.22. The Kier molecular flexibility index (Phi) is 6.90. The van der Waals surface area contributed by atoms with E-state index in [1.807, 2.05) is 0 Å². The number of hydrogen-bond acceptors (Lipinski definition) is 2. The second-order valence-electron chi connectivity index (χ2n) is 4.73. The lowest BCUT2D eigenvalue weighted by Gasteiger charge is -2.15. The second kappa shape index (κ2) is 8.26. The minimum atomic E-state index is 0.985. The quantitative estimate of drug-likeness (QED) is 0.696. The van der Waals surface area contributed by atoms with Crippen LogP contribution < -0.4 is 5.32 Å². The molecule has 1 aromatic carbocycles. The van der Waals surface area contributed by atoms with E-state index in [1.165, 1.54) is 30.5 Å². The van der Waals surface area contributed by atoms with Crippen LogP contribution in [-0.4, -0.2) is 25.0 Å². The Bertz CT molecular complexity index is 292. The second-order valence-corrected chi connectivity index (χ2v) is 4.73. The standard InChI is InChI=1S/C15H26N2/c1-4-10-16-12-14-6-8-15(9-7-14)13-17(3)11-5-2/h6-9,16H,4-5,10-13H2,1-3H3. The Balaban J connectivity index is 2.39. The normalized spacial score (nSPS) is 11.1. The molecule has 0 aliphatic rings. The molecular weight excluding hydrogens is 208 g/mol. The van der Waals surface area contributed by atoms with Gasteiger partial charge in [0.1, 0.15) is 0 Å². The zero-order valence-electron chi connectivity index (χ0n) is 11.5. The molecule has 0 aliphatic heterocycles. The maximum Gasteiger partial charge on any atom is 0.0230 e. The van der Waals surface area contributed by atoms with Crippen LogP contribution in [0, 0.1) is 0 Å². The van der Waals surface area contributed by atoms with Crippen LogP contribution in [0.3, 0.4) is 0 Å². The third-order valence-corrected chi connectivity index (χ3v) is 2.84. The van der Waals surface area contributed by atoms with E-state index >= 15 is 0 Å². The van der Waals surface area contributed by atoms with Crippen molar-refractivity contribution >= 4 is 0 Å². The summed E-state index contributed by atoms with van der Waals surface area (Å²) >= 11 is 0. The summed E-state index contributed by atoms with van der Waals surface area (Å²) in [5, 5.41) is 3.42. The van der Waals surface area contributed by atoms with Gasteiger partial charge in [0.2, 0.25) is 0 Å². The average molecular weight is 234 g/mol. The number of benzene rings is 1. The van der Waals surface area contributed by atoms with E-state index in [0.29, 0.717) is 0 Å². The summed E-state index contributed by atoms with van der Waals surface area (Å²) in [7, 11) is 2.18. The van der Waals surface area contributed by atoms with Crippen LogP contribution in [0.2, 0.25) is 0 Å². The molecule has 0 unspecified atom stereocenters. The van der Waals surface area contributed by atoms with Gasteiger partial charge in [-0.1, -0.05) is 38.1 Å². The van der Waals surface area contributed by atoms with Crippen LogP contribution in [0.5, 0.6) is 0 Å². The Hall–Kier alpha value is -0.860. The van der Waals surface area contributed by atoms with Crippen molar-refractivity contribution in [1.82, 2.24) is 10.2 Å². The van der Waals surface area contributed by atoms with Gasteiger partial charge in [-0.15, -0.1) is 0 Å². The summed E-state index contributed by atoms with van der Waals surface area (Å²) in [5.41, 5.74) is 2.78. The van der Waals surface area contributed by atoms with Gasteiger partial charge in [-0.2, -0.15) is 0 Å². The molecule has 17 heavy (non-hydrogen) atoms. The molecule has 96 valence electrons. The first-order valence-electron chi connectivity index (χ1n) is 6.73. The molecule has 1 rings (SSSR count). The third kappa shape index (κ3) is 5.85. The number of rotatable bonds is 8. The smallest absolute Gasteiger partial charge is 0.0230 e. The van der Waals surface area contributed by atoms with E-state index < -0.39 is 0 Å². The predicted molar refractivity (Wildman–Crippen MR) is 75.1 cm³/mol. The van der Waals surface area contributed by atoms with E-state index in [9.17, 15) is 0 Å². The van der Waals surface area contributed by atoms with Gasteiger partial charge in [0, 0.05) is 13.1 Å². The highest BCUT2D eigenvalue weighted by atomic mass is 15.1. The van der Waals surface area contributed by atoms with Gasteiger partial charge in [-0.25, -0.2) is 0 Å². The summed E-state index contributed by atoms with van der Waals surface area (Å²) in [6.07, 6.45) is 2.41. The van der Waals surface area contributed by atoms with Crippen LogP contribution in [0.15, 0.2) is 24.3 Å². The fourth-order valence-corrected chi connectivity index (χ4v) is 1.94. The number of nitrogens with zero attached hydrogens (tertiary/aromatic N) is 1. The Morgan fingerprint density at radius 2 is 1.65 bits per heavy atom. The Morgan fingerprint density at radius 3 is 2.24 bits per heavy atom. The van der Waals surface area contributed by atoms with Crippen LogP contribution in [0.4, 0.5) is 0 Å². The summed E-state index contributed by atoms with van der Waals surface area (Å²) < 4.78 is 0. The van der Waals surface area contributed by atoms with Crippen molar-refractivity contribution in [2.45, 2.75) is 39.8 Å². The van der Waals surface area contributed by atoms with E-state index in [1.54, 1.807) is 0 Å². The van der Waals surface area contributed by atoms with E-state index in [0.717, 1.165) is 19.6 Å². The van der Waals surface area contributed by atoms with Crippen LogP contribution in [0.25, 0.3) is 0 Å². The molecule has 1 N–H and O–H groups in total. The zero-order chi connectivity index (χ0) is 12.5. The minimum absolute atomic E-state index is 0.985. The summed E-state index contributed by atoms with van der Waals surface area (Å²) in [6.45, 7) is 8.72. The Morgan fingerprint density at radius 1 is 1.00 bits per heavy atom. The van der Waals surface area contributed by atoms with Gasteiger partial charge >= 0.3 is 0 Å². The number of nitrogens with one attached hydrogen (secondary N) is 1. The molecule has 0 aromatic heterocycles. The van der Waals surface area contributed by atoms with Gasteiger partial charge in [-0.05, 0) is 44.1 Å². The van der Waals surface area contributed by atoms with E-state index in [2.05, 4.69) is 55.4 Å². The molecule has 0 fully saturated rings. The van der Waals surface area contributed by atoms with E-state index in [4.69, 9.17) is 0 Å². The molecule has 1 aromatic rings. The molecule has 0 spiro atoms. The summed E-state index contributed by atoms with van der Waals surface area (Å²) in [5.74, 6) is 0. The lowest BCUT2D eigenvalue weighted by atomic mass is 10.1. The molecular formula is C15H26N2. The highest BCUT2D eigenvalue weighted by Gasteiger charge is 1.99. The summed E-state index contributed by atoms with van der Waals surface area (Å²) in [6, 6.07) is 8.96. The van der Waals surface area contributed by atoms with Gasteiger partial charge < -0.3 is 10.2 Å². The minimum Gasteiger partial charge on any atom is -0.313 e. The molecule has 0 bridgehead atoms. The Labute approximate surface area is 106 Å². The molecule has 0 radical (unpaired) electrons. The van der Waals surface area contributed by atoms with Crippen molar-refractivity contribution in [2.24, 2.45) is 0 Å². The van der Waals surface area contributed by atoms with Crippen LogP contribution in [-0.2, 0) is 13.1 Å². The van der Waals surface area contributed by atoms with Crippen LogP contribution >= 0.6 is 0 Å². The maximum atomic E-state index is 3.42. The highest BCUT2D eigenvalue weighted by Crippen LogP contribution is 2.07. The molecule has 0 heterocycles. The fraction of sp³-hybridized carbons (Fsp3) is 0.600. The van der Waals surface area contributed by atoms with Crippen molar-refractivity contribution < 1.29 is 0 Å². The largest absolute Gasteiger partial charge is 0.313 e. The SMILES string of the molecule is CCCNCc1ccc(CN(C)CCC)cc1. The van der Waals surface area contributed by atoms with Crippen LogP contribution in [0.1, 0.15) is 37.8 Å². The lowest BCUT2D eigenvalue weighted by molar-refractivity contribution is 0.327. The van der Waals surface area contributed by atoms with Crippen molar-refractivity contribution in [2.75, 3.05) is 20.1 Å². The third-order valence-electron chi connectivity index (χ3n) is 2.84. The number of hydrogen-bond donors (Lipinski definition) is 1. The fourth-order valence-electron chi connectivity index (χ4n) is 1.94. The molecule has 2 heteroatoms. The molecule has 0 saturated heterocycles. The van der Waals surface area contributed by atoms with Crippen molar-refractivity contribution in [1.29, 1.82) is 0 Å². The predicted octanol–water partition coefficient (Wildman–Crippen LogP) is 3.03. The van der Waals surface area contributed by atoms with Gasteiger partial charge in [-0.3, -0.25) is 0 Å². The van der Waals surface area contributed by atoms with E-state index in [-0.39, 0.29) is 0 Å². The molecule has 0 amide bonds. The monoisotopic (exact) mass is 234 g/mol. The van der Waals surface area contributed by atoms with Crippen molar-refractivity contribution in [3.63, 3.8) is 0 Å². The average Bonchev–Trinajstić information content (AvgIpc) is 2.32. The topological polar surface area (TPSA) is 15.3 Å². The van der Waals surface area contributed by atoms with Crippen molar-refractivity contribution in [3.05, 3.63) is 35.4 Å². The zero-order valence-corrected chi connectivity index (χ0v) is 11.5. The first kappa shape index (κ1) is 14.2. The van der Waals surface area contributed by atoms with Gasteiger partial charge in [0.25, 0.3) is 0 Å². The molecule has 0 atom stereocenters. The van der Waals surface area contributed by atoms with Gasteiger partial charge in [0.15, 0.2) is 0 Å².